The summed E-state index contributed by atoms with van der Waals surface area (Å²) in [6.45, 7) is 3.77. The number of carboxylic acid groups (broad SMARTS) is 1. The number of esters is 1. The zero-order valence-corrected chi connectivity index (χ0v) is 12.2. The second-order valence-corrected chi connectivity index (χ2v) is 5.14. The van der Waals surface area contributed by atoms with Crippen molar-refractivity contribution in [3.63, 3.8) is 0 Å². The van der Waals surface area contributed by atoms with Crippen LogP contribution in [0.5, 0.6) is 0 Å². The number of carbonyl (C=O) groups is 3. The van der Waals surface area contributed by atoms with E-state index >= 15 is 0 Å². The van der Waals surface area contributed by atoms with Gasteiger partial charge in [-0.25, -0.2) is 4.79 Å². The van der Waals surface area contributed by atoms with Crippen molar-refractivity contribution in [1.29, 1.82) is 0 Å². The van der Waals surface area contributed by atoms with Crippen LogP contribution in [0.1, 0.15) is 27.9 Å². The lowest BCUT2D eigenvalue weighted by atomic mass is 10.0. The molecule has 0 saturated carbocycles. The number of aryl methyl sites for hydroxylation is 1. The number of carboxylic acids is 1. The molecule has 1 aromatic rings. The molecule has 2 rings (SSSR count). The summed E-state index contributed by atoms with van der Waals surface area (Å²) in [5.74, 6) is -2.36. The van der Waals surface area contributed by atoms with Gasteiger partial charge in [0.25, 0.3) is 0 Å². The third-order valence-corrected chi connectivity index (χ3v) is 3.86. The molecule has 6 nitrogen and oxygen atoms in total. The molecule has 1 saturated heterocycles. The number of hydrogen-bond acceptors (Lipinski definition) is 4. The van der Waals surface area contributed by atoms with Gasteiger partial charge in [-0.05, 0) is 31.0 Å². The van der Waals surface area contributed by atoms with Crippen LogP contribution in [-0.2, 0) is 14.3 Å². The molecule has 1 aromatic carbocycles. The maximum atomic E-state index is 12.2. The van der Waals surface area contributed by atoms with Gasteiger partial charge in [0.05, 0.1) is 24.3 Å². The highest BCUT2D eigenvalue weighted by Gasteiger charge is 2.38. The topological polar surface area (TPSA) is 83.9 Å². The number of benzene rings is 1. The van der Waals surface area contributed by atoms with Gasteiger partial charge < -0.3 is 14.7 Å². The van der Waals surface area contributed by atoms with E-state index in [0.717, 1.165) is 11.1 Å². The number of carbonyl (C=O) groups excluding carboxylic acids is 2. The zero-order valence-electron chi connectivity index (χ0n) is 12.2. The molecule has 0 spiro atoms. The first kappa shape index (κ1) is 15.0. The normalized spacial score (nSPS) is 18.0. The minimum absolute atomic E-state index is 0.0408. The first-order valence-electron chi connectivity index (χ1n) is 6.58. The van der Waals surface area contributed by atoms with Crippen LogP contribution in [0.2, 0.25) is 0 Å². The Kier molecular flexibility index (Phi) is 3.97. The molecular weight excluding hydrogens is 274 g/mol. The van der Waals surface area contributed by atoms with Crippen molar-refractivity contribution in [3.05, 3.63) is 28.8 Å². The third-order valence-electron chi connectivity index (χ3n) is 3.86. The molecule has 0 radical (unpaired) electrons. The van der Waals surface area contributed by atoms with Crippen molar-refractivity contribution < 1.29 is 24.2 Å². The van der Waals surface area contributed by atoms with Gasteiger partial charge in [0, 0.05) is 13.0 Å². The largest absolute Gasteiger partial charge is 0.478 e. The lowest BCUT2D eigenvalue weighted by molar-refractivity contribution is -0.145. The number of methoxy groups -OCH3 is 1. The van der Waals surface area contributed by atoms with E-state index in [1.165, 1.54) is 18.1 Å². The van der Waals surface area contributed by atoms with Gasteiger partial charge in [0.15, 0.2) is 0 Å². The number of hydrogen-bond donors (Lipinski definition) is 1. The summed E-state index contributed by atoms with van der Waals surface area (Å²) in [5.41, 5.74) is 2.06. The van der Waals surface area contributed by atoms with Crippen molar-refractivity contribution in [2.75, 3.05) is 18.6 Å². The van der Waals surface area contributed by atoms with E-state index in [2.05, 4.69) is 4.74 Å². The first-order chi connectivity index (χ1) is 9.86. The van der Waals surface area contributed by atoms with Gasteiger partial charge in [-0.3, -0.25) is 9.59 Å². The molecule has 1 fully saturated rings. The highest BCUT2D eigenvalue weighted by molar-refractivity contribution is 6.05. The molecular formula is C15H17NO5. The predicted octanol–water partition coefficient (Wildman–Crippen LogP) is 1.53. The lowest BCUT2D eigenvalue weighted by Crippen LogP contribution is -2.29. The van der Waals surface area contributed by atoms with E-state index in [4.69, 9.17) is 0 Å². The van der Waals surface area contributed by atoms with E-state index in [1.54, 1.807) is 13.0 Å². The summed E-state index contributed by atoms with van der Waals surface area (Å²) in [7, 11) is 1.27. The average molecular weight is 291 g/mol. The van der Waals surface area contributed by atoms with Crippen LogP contribution in [0.4, 0.5) is 5.69 Å². The number of ether oxygens (including phenoxy) is 1. The van der Waals surface area contributed by atoms with Crippen LogP contribution in [-0.4, -0.2) is 36.6 Å². The van der Waals surface area contributed by atoms with E-state index in [0.29, 0.717) is 5.69 Å². The summed E-state index contributed by atoms with van der Waals surface area (Å²) in [6, 6.07) is 3.19. The molecule has 112 valence electrons. The fourth-order valence-corrected chi connectivity index (χ4v) is 2.57. The Balaban J connectivity index is 2.47. The molecule has 1 atom stereocenters. The number of amides is 1. The monoisotopic (exact) mass is 291 g/mol. The number of nitrogens with zero attached hydrogens (tertiary/aromatic N) is 1. The third kappa shape index (κ3) is 2.61. The molecule has 1 heterocycles. The van der Waals surface area contributed by atoms with Gasteiger partial charge >= 0.3 is 11.9 Å². The Labute approximate surface area is 122 Å². The fraction of sp³-hybridized carbons (Fsp3) is 0.400. The molecule has 1 aliphatic heterocycles. The quantitative estimate of drug-likeness (QED) is 0.854. The van der Waals surface area contributed by atoms with Crippen molar-refractivity contribution in [2.45, 2.75) is 20.3 Å². The van der Waals surface area contributed by atoms with E-state index < -0.39 is 17.9 Å². The SMILES string of the molecule is COC(=O)C1CC(=O)N(c2c(C(=O)O)ccc(C)c2C)C1. The molecule has 1 unspecified atom stereocenters. The molecule has 6 heteroatoms. The fourth-order valence-electron chi connectivity index (χ4n) is 2.57. The summed E-state index contributed by atoms with van der Waals surface area (Å²) in [5, 5.41) is 9.32. The van der Waals surface area contributed by atoms with E-state index in [1.807, 2.05) is 6.92 Å². The second kappa shape index (κ2) is 5.55. The van der Waals surface area contributed by atoms with Crippen molar-refractivity contribution >= 4 is 23.5 Å². The predicted molar refractivity (Wildman–Crippen MR) is 75.4 cm³/mol. The Morgan fingerprint density at radius 1 is 1.33 bits per heavy atom. The Morgan fingerprint density at radius 2 is 2.00 bits per heavy atom. The molecule has 0 bridgehead atoms. The minimum Gasteiger partial charge on any atom is -0.478 e. The van der Waals surface area contributed by atoms with Gasteiger partial charge in [-0.2, -0.15) is 0 Å². The second-order valence-electron chi connectivity index (χ2n) is 5.14. The highest BCUT2D eigenvalue weighted by atomic mass is 16.5. The van der Waals surface area contributed by atoms with Crippen molar-refractivity contribution in [2.24, 2.45) is 5.92 Å². The average Bonchev–Trinajstić information content (AvgIpc) is 2.82. The van der Waals surface area contributed by atoms with Gasteiger partial charge in [0.2, 0.25) is 5.91 Å². The van der Waals surface area contributed by atoms with Gasteiger partial charge in [-0.1, -0.05) is 6.07 Å². The van der Waals surface area contributed by atoms with Gasteiger partial charge in [-0.15, -0.1) is 0 Å². The van der Waals surface area contributed by atoms with Crippen LogP contribution in [0.3, 0.4) is 0 Å². The van der Waals surface area contributed by atoms with Crippen molar-refractivity contribution in [1.82, 2.24) is 0 Å². The van der Waals surface area contributed by atoms with Crippen LogP contribution >= 0.6 is 0 Å². The molecule has 0 aromatic heterocycles. The first-order valence-corrected chi connectivity index (χ1v) is 6.58. The standard InChI is InChI=1S/C15H17NO5/c1-8-4-5-11(14(18)19)13(9(8)2)16-7-10(6-12(16)17)15(20)21-3/h4-5,10H,6-7H2,1-3H3,(H,18,19). The number of anilines is 1. The number of aromatic carboxylic acids is 1. The van der Waals surface area contributed by atoms with E-state index in [9.17, 15) is 19.5 Å². The summed E-state index contributed by atoms with van der Waals surface area (Å²) < 4.78 is 4.66. The van der Waals surface area contributed by atoms with Crippen molar-refractivity contribution in [3.8, 4) is 0 Å². The minimum atomic E-state index is -1.09. The summed E-state index contributed by atoms with van der Waals surface area (Å²) in [6.07, 6.45) is 0.0408. The van der Waals surface area contributed by atoms with E-state index in [-0.39, 0.29) is 24.4 Å². The maximum absolute atomic E-state index is 12.2. The smallest absolute Gasteiger partial charge is 0.337 e. The number of rotatable bonds is 3. The molecule has 0 aliphatic carbocycles. The summed E-state index contributed by atoms with van der Waals surface area (Å²) in [4.78, 5) is 36.5. The molecule has 1 amide bonds. The Bertz CT molecular complexity index is 623. The molecule has 1 N–H and O–H groups in total. The zero-order chi connectivity index (χ0) is 15.7. The summed E-state index contributed by atoms with van der Waals surface area (Å²) >= 11 is 0. The Morgan fingerprint density at radius 3 is 2.57 bits per heavy atom. The van der Waals surface area contributed by atoms with Crippen LogP contribution in [0, 0.1) is 19.8 Å². The highest BCUT2D eigenvalue weighted by Crippen LogP contribution is 2.33. The van der Waals surface area contributed by atoms with Gasteiger partial charge in [0.1, 0.15) is 0 Å². The Hall–Kier alpha value is -2.37. The van der Waals surface area contributed by atoms with Crippen LogP contribution in [0.15, 0.2) is 12.1 Å². The van der Waals surface area contributed by atoms with Crippen LogP contribution in [0.25, 0.3) is 0 Å². The molecule has 21 heavy (non-hydrogen) atoms. The molecule has 1 aliphatic rings. The maximum Gasteiger partial charge on any atom is 0.337 e. The lowest BCUT2D eigenvalue weighted by Gasteiger charge is -2.22. The van der Waals surface area contributed by atoms with Crippen LogP contribution < -0.4 is 4.90 Å².